The Bertz CT molecular complexity index is 687. The molecule has 1 aromatic heterocycles. The Morgan fingerprint density at radius 2 is 2.12 bits per heavy atom. The zero-order valence-electron chi connectivity index (χ0n) is 13.3. The molecule has 2 aromatic rings. The van der Waals surface area contributed by atoms with E-state index in [2.05, 4.69) is 15.6 Å². The van der Waals surface area contributed by atoms with Crippen LogP contribution in [0.1, 0.15) is 28.0 Å². The van der Waals surface area contributed by atoms with Crippen molar-refractivity contribution in [3.8, 4) is 0 Å². The molecular formula is C18H21Cl2N3O. The van der Waals surface area contributed by atoms with Crippen molar-refractivity contribution in [3.63, 3.8) is 0 Å². The van der Waals surface area contributed by atoms with Gasteiger partial charge in [0.2, 0.25) is 0 Å². The molecule has 6 heteroatoms. The lowest BCUT2D eigenvalue weighted by atomic mass is 9.94. The highest BCUT2D eigenvalue weighted by Crippen LogP contribution is 2.19. The molecule has 0 radical (unpaired) electrons. The second-order valence-corrected chi connectivity index (χ2v) is 6.24. The van der Waals surface area contributed by atoms with Gasteiger partial charge in [0.25, 0.3) is 5.91 Å². The van der Waals surface area contributed by atoms with E-state index in [4.69, 9.17) is 11.6 Å². The molecule has 4 nitrogen and oxygen atoms in total. The van der Waals surface area contributed by atoms with Gasteiger partial charge >= 0.3 is 0 Å². The van der Waals surface area contributed by atoms with Gasteiger partial charge in [-0.2, -0.15) is 0 Å². The van der Waals surface area contributed by atoms with E-state index in [9.17, 15) is 4.79 Å². The van der Waals surface area contributed by atoms with Crippen molar-refractivity contribution in [1.29, 1.82) is 0 Å². The SMILES string of the molecule is Cl.O=C(NCc1ncccc1Cl)c1ccccc1CC1CCNC1. The Kier molecular flexibility index (Phi) is 7.03. The van der Waals surface area contributed by atoms with Gasteiger partial charge in [0.05, 0.1) is 17.3 Å². The highest BCUT2D eigenvalue weighted by atomic mass is 35.5. The quantitative estimate of drug-likeness (QED) is 0.854. The average Bonchev–Trinajstić information content (AvgIpc) is 3.07. The molecule has 0 spiro atoms. The van der Waals surface area contributed by atoms with E-state index < -0.39 is 0 Å². The maximum Gasteiger partial charge on any atom is 0.251 e. The highest BCUT2D eigenvalue weighted by Gasteiger charge is 2.18. The highest BCUT2D eigenvalue weighted by molar-refractivity contribution is 6.31. The molecule has 0 aliphatic carbocycles. The maximum absolute atomic E-state index is 12.5. The van der Waals surface area contributed by atoms with Crippen LogP contribution in [0.5, 0.6) is 0 Å². The Labute approximate surface area is 153 Å². The van der Waals surface area contributed by atoms with E-state index in [1.165, 1.54) is 6.42 Å². The number of amides is 1. The van der Waals surface area contributed by atoms with Crippen LogP contribution in [0.4, 0.5) is 0 Å². The topological polar surface area (TPSA) is 54.0 Å². The maximum atomic E-state index is 12.5. The monoisotopic (exact) mass is 365 g/mol. The van der Waals surface area contributed by atoms with Crippen LogP contribution in [0.15, 0.2) is 42.6 Å². The molecule has 1 saturated heterocycles. The summed E-state index contributed by atoms with van der Waals surface area (Å²) >= 11 is 6.08. The molecule has 1 aliphatic rings. The van der Waals surface area contributed by atoms with E-state index in [0.717, 1.165) is 30.6 Å². The molecule has 1 fully saturated rings. The summed E-state index contributed by atoms with van der Waals surface area (Å²) < 4.78 is 0. The van der Waals surface area contributed by atoms with Crippen LogP contribution in [-0.4, -0.2) is 24.0 Å². The van der Waals surface area contributed by atoms with Gasteiger partial charge in [-0.05, 0) is 55.6 Å². The van der Waals surface area contributed by atoms with Crippen molar-refractivity contribution in [3.05, 3.63) is 64.4 Å². The average molecular weight is 366 g/mol. The number of carbonyl (C=O) groups excluding carboxylic acids is 1. The fourth-order valence-corrected chi connectivity index (χ4v) is 3.12. The van der Waals surface area contributed by atoms with Crippen molar-refractivity contribution >= 4 is 29.9 Å². The molecule has 0 bridgehead atoms. The summed E-state index contributed by atoms with van der Waals surface area (Å²) in [5, 5.41) is 6.86. The lowest BCUT2D eigenvalue weighted by Crippen LogP contribution is -2.25. The summed E-state index contributed by atoms with van der Waals surface area (Å²) in [5.74, 6) is 0.530. The molecule has 1 atom stereocenters. The van der Waals surface area contributed by atoms with Gasteiger partial charge in [-0.25, -0.2) is 0 Å². The molecule has 1 aromatic carbocycles. The molecule has 24 heavy (non-hydrogen) atoms. The van der Waals surface area contributed by atoms with Gasteiger partial charge in [-0.1, -0.05) is 29.8 Å². The van der Waals surface area contributed by atoms with E-state index >= 15 is 0 Å². The third-order valence-corrected chi connectivity index (χ3v) is 4.53. The number of benzene rings is 1. The van der Waals surface area contributed by atoms with E-state index in [1.54, 1.807) is 18.3 Å². The zero-order chi connectivity index (χ0) is 16.1. The van der Waals surface area contributed by atoms with Crippen LogP contribution in [0.2, 0.25) is 5.02 Å². The van der Waals surface area contributed by atoms with Gasteiger partial charge < -0.3 is 10.6 Å². The summed E-state index contributed by atoms with van der Waals surface area (Å²) in [6.07, 6.45) is 3.77. The Balaban J connectivity index is 0.00000208. The number of hydrogen-bond donors (Lipinski definition) is 2. The number of nitrogens with one attached hydrogen (secondary N) is 2. The predicted molar refractivity (Wildman–Crippen MR) is 98.8 cm³/mol. The van der Waals surface area contributed by atoms with Crippen LogP contribution >= 0.6 is 24.0 Å². The second-order valence-electron chi connectivity index (χ2n) is 5.83. The fourth-order valence-electron chi connectivity index (χ4n) is 2.93. The molecule has 0 saturated carbocycles. The van der Waals surface area contributed by atoms with Crippen molar-refractivity contribution in [1.82, 2.24) is 15.6 Å². The number of halogens is 2. The molecular weight excluding hydrogens is 345 g/mol. The first-order chi connectivity index (χ1) is 11.2. The largest absolute Gasteiger partial charge is 0.346 e. The van der Waals surface area contributed by atoms with Crippen LogP contribution in [-0.2, 0) is 13.0 Å². The van der Waals surface area contributed by atoms with Crippen molar-refractivity contribution in [2.45, 2.75) is 19.4 Å². The molecule has 128 valence electrons. The summed E-state index contributed by atoms with van der Waals surface area (Å²) in [6, 6.07) is 11.4. The molecule has 2 N–H and O–H groups in total. The van der Waals surface area contributed by atoms with E-state index in [-0.39, 0.29) is 18.3 Å². The number of nitrogens with zero attached hydrogens (tertiary/aromatic N) is 1. The van der Waals surface area contributed by atoms with E-state index in [0.29, 0.717) is 23.2 Å². The Morgan fingerprint density at radius 1 is 1.29 bits per heavy atom. The summed E-state index contributed by atoms with van der Waals surface area (Å²) in [6.45, 7) is 2.43. The first-order valence-corrected chi connectivity index (χ1v) is 8.28. The lowest BCUT2D eigenvalue weighted by Gasteiger charge is -2.13. The predicted octanol–water partition coefficient (Wildman–Crippen LogP) is 3.24. The lowest BCUT2D eigenvalue weighted by molar-refractivity contribution is 0.0949. The van der Waals surface area contributed by atoms with Crippen molar-refractivity contribution in [2.75, 3.05) is 13.1 Å². The molecule has 1 aliphatic heterocycles. The molecule has 2 heterocycles. The smallest absolute Gasteiger partial charge is 0.251 e. The van der Waals surface area contributed by atoms with Crippen LogP contribution in [0.25, 0.3) is 0 Å². The number of rotatable bonds is 5. The van der Waals surface area contributed by atoms with Gasteiger partial charge in [-0.3, -0.25) is 9.78 Å². The number of pyridine rings is 1. The summed E-state index contributed by atoms with van der Waals surface area (Å²) in [4.78, 5) is 16.7. The van der Waals surface area contributed by atoms with Crippen LogP contribution in [0, 0.1) is 5.92 Å². The number of hydrogen-bond acceptors (Lipinski definition) is 3. The first-order valence-electron chi connectivity index (χ1n) is 7.90. The summed E-state index contributed by atoms with van der Waals surface area (Å²) in [7, 11) is 0. The number of aromatic nitrogens is 1. The Morgan fingerprint density at radius 3 is 2.88 bits per heavy atom. The minimum absolute atomic E-state index is 0. The number of carbonyl (C=O) groups is 1. The van der Waals surface area contributed by atoms with Gasteiger partial charge in [0.15, 0.2) is 0 Å². The fraction of sp³-hybridized carbons (Fsp3) is 0.333. The van der Waals surface area contributed by atoms with Crippen LogP contribution in [0.3, 0.4) is 0 Å². The first kappa shape index (κ1) is 18.7. The van der Waals surface area contributed by atoms with Crippen molar-refractivity contribution in [2.24, 2.45) is 5.92 Å². The van der Waals surface area contributed by atoms with Crippen LogP contribution < -0.4 is 10.6 Å². The third-order valence-electron chi connectivity index (χ3n) is 4.18. The molecule has 1 unspecified atom stereocenters. The normalized spacial score (nSPS) is 16.5. The van der Waals surface area contributed by atoms with Gasteiger partial charge in [-0.15, -0.1) is 12.4 Å². The zero-order valence-corrected chi connectivity index (χ0v) is 14.9. The molecule has 1 amide bonds. The van der Waals surface area contributed by atoms with Gasteiger partial charge in [0, 0.05) is 11.8 Å². The van der Waals surface area contributed by atoms with Crippen molar-refractivity contribution < 1.29 is 4.79 Å². The summed E-state index contributed by atoms with van der Waals surface area (Å²) in [5.41, 5.74) is 2.53. The van der Waals surface area contributed by atoms with Gasteiger partial charge in [0.1, 0.15) is 0 Å². The second kappa shape index (κ2) is 9.02. The molecule has 3 rings (SSSR count). The standard InChI is InChI=1S/C18H20ClN3O.ClH/c19-16-6-3-8-21-17(16)12-22-18(23)15-5-2-1-4-14(15)10-13-7-9-20-11-13;/h1-6,8,13,20H,7,9-12H2,(H,22,23);1H. The van der Waals surface area contributed by atoms with E-state index in [1.807, 2.05) is 24.3 Å². The minimum atomic E-state index is -0.0757. The Hall–Kier alpha value is -1.62. The third kappa shape index (κ3) is 4.69. The minimum Gasteiger partial charge on any atom is -0.346 e.